The Morgan fingerprint density at radius 3 is 2.14 bits per heavy atom. The Morgan fingerprint density at radius 1 is 0.909 bits per heavy atom. The number of thiocarbonyl (C=S) groups is 1. The summed E-state index contributed by atoms with van der Waals surface area (Å²) in [7, 11) is 0. The topological polar surface area (TPSA) is 36.1 Å². The number of hydrogen-bond acceptors (Lipinski definition) is 2. The molecular formula is C18H23N3S. The van der Waals surface area contributed by atoms with Crippen molar-refractivity contribution in [1.82, 2.24) is 5.32 Å². The van der Waals surface area contributed by atoms with Gasteiger partial charge in [0.25, 0.3) is 0 Å². The van der Waals surface area contributed by atoms with Crippen molar-refractivity contribution in [2.45, 2.75) is 20.3 Å². The van der Waals surface area contributed by atoms with Crippen LogP contribution in [0.2, 0.25) is 0 Å². The van der Waals surface area contributed by atoms with E-state index < -0.39 is 0 Å². The molecule has 22 heavy (non-hydrogen) atoms. The third kappa shape index (κ3) is 5.74. The Morgan fingerprint density at radius 2 is 1.50 bits per heavy atom. The van der Waals surface area contributed by atoms with Gasteiger partial charge in [-0.1, -0.05) is 32.0 Å². The Balaban J connectivity index is 1.82. The minimum Gasteiger partial charge on any atom is -0.362 e. The normalized spacial score (nSPS) is 10.3. The lowest BCUT2D eigenvalue weighted by molar-refractivity contribution is 0.579. The van der Waals surface area contributed by atoms with Crippen molar-refractivity contribution < 1.29 is 0 Å². The lowest BCUT2D eigenvalue weighted by Gasteiger charge is -2.12. The number of para-hydroxylation sites is 1. The molecule has 0 amide bonds. The highest BCUT2D eigenvalue weighted by Crippen LogP contribution is 2.18. The van der Waals surface area contributed by atoms with Crippen LogP contribution in [0, 0.1) is 5.92 Å². The molecule has 0 spiro atoms. The summed E-state index contributed by atoms with van der Waals surface area (Å²) in [5.41, 5.74) is 3.12. The molecule has 0 atom stereocenters. The Kier molecular flexibility index (Phi) is 6.22. The summed E-state index contributed by atoms with van der Waals surface area (Å²) in [6, 6.07) is 18.2. The van der Waals surface area contributed by atoms with Crippen LogP contribution in [0.15, 0.2) is 54.6 Å². The van der Waals surface area contributed by atoms with Crippen molar-refractivity contribution >= 4 is 34.4 Å². The summed E-state index contributed by atoms with van der Waals surface area (Å²) in [6.45, 7) is 5.31. The van der Waals surface area contributed by atoms with Crippen molar-refractivity contribution in [2.24, 2.45) is 5.92 Å². The van der Waals surface area contributed by atoms with Gasteiger partial charge in [0.2, 0.25) is 0 Å². The average Bonchev–Trinajstić information content (AvgIpc) is 2.50. The first-order valence-electron chi connectivity index (χ1n) is 7.60. The van der Waals surface area contributed by atoms with Crippen molar-refractivity contribution in [1.29, 1.82) is 0 Å². The van der Waals surface area contributed by atoms with Crippen LogP contribution in [0.3, 0.4) is 0 Å². The maximum atomic E-state index is 5.29. The van der Waals surface area contributed by atoms with Crippen LogP contribution in [-0.4, -0.2) is 11.7 Å². The van der Waals surface area contributed by atoms with E-state index in [1.807, 2.05) is 54.6 Å². The zero-order chi connectivity index (χ0) is 15.8. The van der Waals surface area contributed by atoms with Crippen LogP contribution in [0.1, 0.15) is 20.3 Å². The monoisotopic (exact) mass is 313 g/mol. The molecule has 3 nitrogen and oxygen atoms in total. The maximum absolute atomic E-state index is 5.29. The second kappa shape index (κ2) is 8.39. The Hall–Kier alpha value is -2.07. The average molecular weight is 313 g/mol. The predicted octanol–water partition coefficient (Wildman–Crippen LogP) is 4.76. The fourth-order valence-corrected chi connectivity index (χ4v) is 2.19. The van der Waals surface area contributed by atoms with E-state index in [2.05, 4.69) is 29.8 Å². The fourth-order valence-electron chi connectivity index (χ4n) is 1.97. The van der Waals surface area contributed by atoms with Crippen LogP contribution in [0.25, 0.3) is 0 Å². The van der Waals surface area contributed by atoms with Crippen molar-refractivity contribution in [3.05, 3.63) is 54.6 Å². The third-order valence-corrected chi connectivity index (χ3v) is 3.46. The summed E-state index contributed by atoms with van der Waals surface area (Å²) < 4.78 is 0. The molecule has 116 valence electrons. The second-order valence-electron chi connectivity index (χ2n) is 5.63. The molecule has 0 saturated heterocycles. The van der Waals surface area contributed by atoms with Crippen molar-refractivity contribution in [2.75, 3.05) is 17.2 Å². The minimum atomic E-state index is 0.671. The van der Waals surface area contributed by atoms with Gasteiger partial charge in [0.1, 0.15) is 0 Å². The van der Waals surface area contributed by atoms with Crippen molar-refractivity contribution in [3.8, 4) is 0 Å². The van der Waals surface area contributed by atoms with E-state index in [4.69, 9.17) is 12.2 Å². The number of rotatable bonds is 6. The van der Waals surface area contributed by atoms with E-state index in [9.17, 15) is 0 Å². The van der Waals surface area contributed by atoms with Crippen LogP contribution in [-0.2, 0) is 0 Å². The Bertz CT molecular complexity index is 579. The summed E-state index contributed by atoms with van der Waals surface area (Å²) in [4.78, 5) is 0. The molecule has 4 heteroatoms. The molecule has 2 aromatic carbocycles. The van der Waals surface area contributed by atoms with Crippen LogP contribution in [0.5, 0.6) is 0 Å². The van der Waals surface area contributed by atoms with Gasteiger partial charge in [0, 0.05) is 23.6 Å². The van der Waals surface area contributed by atoms with Gasteiger partial charge in [-0.05, 0) is 61.0 Å². The zero-order valence-electron chi connectivity index (χ0n) is 13.1. The number of nitrogens with one attached hydrogen (secondary N) is 3. The van der Waals surface area contributed by atoms with Gasteiger partial charge >= 0.3 is 0 Å². The summed E-state index contributed by atoms with van der Waals surface area (Å²) in [6.07, 6.45) is 1.11. The van der Waals surface area contributed by atoms with Gasteiger partial charge in [-0.25, -0.2) is 0 Å². The van der Waals surface area contributed by atoms with Gasteiger partial charge in [-0.2, -0.15) is 0 Å². The van der Waals surface area contributed by atoms with Gasteiger partial charge in [-0.3, -0.25) is 0 Å². The molecule has 0 aliphatic heterocycles. The number of benzene rings is 2. The molecule has 0 aromatic heterocycles. The highest BCUT2D eigenvalue weighted by atomic mass is 32.1. The highest BCUT2D eigenvalue weighted by molar-refractivity contribution is 7.80. The van der Waals surface area contributed by atoms with Gasteiger partial charge in [0.15, 0.2) is 5.11 Å². The van der Waals surface area contributed by atoms with E-state index in [0.717, 1.165) is 30.0 Å². The quantitative estimate of drug-likeness (QED) is 0.672. The number of anilines is 3. The van der Waals surface area contributed by atoms with E-state index in [0.29, 0.717) is 11.0 Å². The first-order valence-corrected chi connectivity index (χ1v) is 8.01. The molecular weight excluding hydrogens is 290 g/mol. The molecule has 2 aromatic rings. The molecule has 0 aliphatic rings. The maximum Gasteiger partial charge on any atom is 0.170 e. The van der Waals surface area contributed by atoms with E-state index in [1.165, 1.54) is 0 Å². The molecule has 0 fully saturated rings. The first-order chi connectivity index (χ1) is 10.6. The number of hydrogen-bond donors (Lipinski definition) is 3. The summed E-state index contributed by atoms with van der Waals surface area (Å²) in [5.74, 6) is 0.679. The Labute approximate surface area is 138 Å². The molecule has 3 N–H and O–H groups in total. The molecule has 0 radical (unpaired) electrons. The first kappa shape index (κ1) is 16.3. The van der Waals surface area contributed by atoms with Gasteiger partial charge in [0.05, 0.1) is 0 Å². The van der Waals surface area contributed by atoms with Crippen molar-refractivity contribution in [3.63, 3.8) is 0 Å². The summed E-state index contributed by atoms with van der Waals surface area (Å²) >= 11 is 5.29. The molecule has 0 bridgehead atoms. The smallest absolute Gasteiger partial charge is 0.170 e. The van der Waals surface area contributed by atoms with E-state index in [-0.39, 0.29) is 0 Å². The zero-order valence-corrected chi connectivity index (χ0v) is 13.9. The molecule has 0 heterocycles. The predicted molar refractivity (Wildman–Crippen MR) is 99.8 cm³/mol. The third-order valence-electron chi connectivity index (χ3n) is 3.21. The van der Waals surface area contributed by atoms with Crippen LogP contribution in [0.4, 0.5) is 17.1 Å². The second-order valence-corrected chi connectivity index (χ2v) is 6.04. The van der Waals surface area contributed by atoms with Gasteiger partial charge < -0.3 is 16.0 Å². The molecule has 2 rings (SSSR count). The van der Waals surface area contributed by atoms with E-state index >= 15 is 0 Å². The van der Waals surface area contributed by atoms with Gasteiger partial charge in [-0.15, -0.1) is 0 Å². The lowest BCUT2D eigenvalue weighted by atomic mass is 10.1. The minimum absolute atomic E-state index is 0.671. The lowest BCUT2D eigenvalue weighted by Crippen LogP contribution is -2.29. The van der Waals surface area contributed by atoms with E-state index in [1.54, 1.807) is 0 Å². The van der Waals surface area contributed by atoms with Crippen LogP contribution < -0.4 is 16.0 Å². The molecule has 0 aliphatic carbocycles. The molecule has 0 unspecified atom stereocenters. The van der Waals surface area contributed by atoms with Crippen LogP contribution >= 0.6 is 12.2 Å². The SMILES string of the molecule is CC(C)CCNC(=S)Nc1ccc(Nc2ccccc2)cc1. The summed E-state index contributed by atoms with van der Waals surface area (Å²) in [5, 5.41) is 10.4. The largest absolute Gasteiger partial charge is 0.362 e. The highest BCUT2D eigenvalue weighted by Gasteiger charge is 1.99. The standard InChI is InChI=1S/C18H23N3S/c1-14(2)12-13-19-18(22)21-17-10-8-16(9-11-17)20-15-6-4-3-5-7-15/h3-11,14,20H,12-13H2,1-2H3,(H2,19,21,22). The molecule has 0 saturated carbocycles. The fraction of sp³-hybridized carbons (Fsp3) is 0.278.